The largest absolute Gasteiger partial charge is 0.366 e. The van der Waals surface area contributed by atoms with E-state index in [1.807, 2.05) is 24.4 Å². The Bertz CT molecular complexity index is 1040. The summed E-state index contributed by atoms with van der Waals surface area (Å²) in [6.45, 7) is 2.66. The van der Waals surface area contributed by atoms with Gasteiger partial charge in [0.25, 0.3) is 0 Å². The van der Waals surface area contributed by atoms with E-state index < -0.39 is 5.95 Å². The summed E-state index contributed by atoms with van der Waals surface area (Å²) in [6, 6.07) is 15.7. The summed E-state index contributed by atoms with van der Waals surface area (Å²) in [5.74, 6) is 0.0876. The van der Waals surface area contributed by atoms with Crippen molar-refractivity contribution in [3.63, 3.8) is 0 Å². The van der Waals surface area contributed by atoms with Gasteiger partial charge in [0.1, 0.15) is 11.5 Å². The number of anilines is 1. The maximum atomic E-state index is 14.4. The van der Waals surface area contributed by atoms with Gasteiger partial charge < -0.3 is 10.3 Å². The van der Waals surface area contributed by atoms with Crippen LogP contribution in [-0.2, 0) is 13.0 Å². The van der Waals surface area contributed by atoms with Crippen molar-refractivity contribution in [3.8, 4) is 0 Å². The normalized spacial score (nSPS) is 11.0. The number of rotatable bonds is 5. The SMILES string of the molecule is Cc1ccc(CNc2ccc(Cc3c[nH]c4ncccc34)c(F)n2)cc1. The first-order valence-corrected chi connectivity index (χ1v) is 8.55. The van der Waals surface area contributed by atoms with Gasteiger partial charge in [-0.15, -0.1) is 0 Å². The number of nitrogens with one attached hydrogen (secondary N) is 2. The number of aromatic amines is 1. The van der Waals surface area contributed by atoms with Crippen molar-refractivity contribution in [2.24, 2.45) is 0 Å². The zero-order valence-electron chi connectivity index (χ0n) is 14.5. The Labute approximate surface area is 151 Å². The average molecular weight is 346 g/mol. The van der Waals surface area contributed by atoms with Gasteiger partial charge in [0.05, 0.1) is 0 Å². The molecule has 0 amide bonds. The fraction of sp³-hybridized carbons (Fsp3) is 0.143. The third-order valence-corrected chi connectivity index (χ3v) is 4.44. The van der Waals surface area contributed by atoms with Gasteiger partial charge in [-0.05, 0) is 36.2 Å². The number of fused-ring (bicyclic) bond motifs is 1. The van der Waals surface area contributed by atoms with Gasteiger partial charge in [0, 0.05) is 36.3 Å². The van der Waals surface area contributed by atoms with Gasteiger partial charge >= 0.3 is 0 Å². The summed E-state index contributed by atoms with van der Waals surface area (Å²) in [4.78, 5) is 11.4. The molecule has 0 saturated carbocycles. The van der Waals surface area contributed by atoms with Gasteiger partial charge in [-0.1, -0.05) is 35.9 Å². The molecule has 0 saturated heterocycles. The number of halogens is 1. The van der Waals surface area contributed by atoms with E-state index in [-0.39, 0.29) is 0 Å². The zero-order valence-corrected chi connectivity index (χ0v) is 14.5. The number of benzene rings is 1. The van der Waals surface area contributed by atoms with Gasteiger partial charge in [0.15, 0.2) is 0 Å². The van der Waals surface area contributed by atoms with Crippen molar-refractivity contribution in [3.05, 3.63) is 89.1 Å². The number of pyridine rings is 2. The molecule has 5 heteroatoms. The molecule has 0 spiro atoms. The number of hydrogen-bond donors (Lipinski definition) is 2. The second kappa shape index (κ2) is 6.96. The highest BCUT2D eigenvalue weighted by Gasteiger charge is 2.10. The summed E-state index contributed by atoms with van der Waals surface area (Å²) < 4.78 is 14.4. The van der Waals surface area contributed by atoms with E-state index in [9.17, 15) is 4.39 Å². The predicted octanol–water partition coefficient (Wildman–Crippen LogP) is 4.61. The molecule has 0 aliphatic heterocycles. The van der Waals surface area contributed by atoms with Crippen molar-refractivity contribution in [1.82, 2.24) is 15.0 Å². The fourth-order valence-electron chi connectivity index (χ4n) is 2.96. The van der Waals surface area contributed by atoms with Crippen molar-refractivity contribution in [1.29, 1.82) is 0 Å². The molecule has 3 heterocycles. The summed E-state index contributed by atoms with van der Waals surface area (Å²) >= 11 is 0. The smallest absolute Gasteiger partial charge is 0.218 e. The number of aryl methyl sites for hydroxylation is 1. The van der Waals surface area contributed by atoms with E-state index in [4.69, 9.17) is 0 Å². The van der Waals surface area contributed by atoms with Gasteiger partial charge in [0.2, 0.25) is 5.95 Å². The van der Waals surface area contributed by atoms with Crippen molar-refractivity contribution < 1.29 is 4.39 Å². The Kier molecular flexibility index (Phi) is 4.35. The van der Waals surface area contributed by atoms with Crippen LogP contribution in [0.3, 0.4) is 0 Å². The third kappa shape index (κ3) is 3.42. The summed E-state index contributed by atoms with van der Waals surface area (Å²) in [7, 11) is 0. The van der Waals surface area contributed by atoms with E-state index in [1.165, 1.54) is 5.56 Å². The Balaban J connectivity index is 1.48. The molecule has 0 aliphatic rings. The standard InChI is InChI=1S/C21H19FN4/c1-14-4-6-15(7-5-14)12-24-19-9-8-16(20(22)26-19)11-17-13-25-21-18(17)3-2-10-23-21/h2-10,13H,11-12H2,1H3,(H,23,25)(H,24,26). The molecule has 0 atom stereocenters. The Morgan fingerprint density at radius 1 is 1.04 bits per heavy atom. The molecule has 4 rings (SSSR count). The number of aromatic nitrogens is 3. The van der Waals surface area contributed by atoms with Crippen LogP contribution in [0.25, 0.3) is 11.0 Å². The van der Waals surface area contributed by atoms with E-state index >= 15 is 0 Å². The highest BCUT2D eigenvalue weighted by Crippen LogP contribution is 2.21. The second-order valence-corrected chi connectivity index (χ2v) is 6.38. The predicted molar refractivity (Wildman–Crippen MR) is 102 cm³/mol. The Hall–Kier alpha value is -3.21. The number of nitrogens with zero attached hydrogens (tertiary/aromatic N) is 2. The minimum atomic E-state index is -0.447. The van der Waals surface area contributed by atoms with Gasteiger partial charge in [-0.3, -0.25) is 0 Å². The van der Waals surface area contributed by atoms with Crippen LogP contribution in [0.1, 0.15) is 22.3 Å². The molecular formula is C21H19FN4. The lowest BCUT2D eigenvalue weighted by molar-refractivity contribution is 0.571. The molecule has 0 unspecified atom stereocenters. The maximum Gasteiger partial charge on any atom is 0.218 e. The molecule has 0 fully saturated rings. The topological polar surface area (TPSA) is 53.6 Å². The molecule has 130 valence electrons. The lowest BCUT2D eigenvalue weighted by Gasteiger charge is -2.08. The molecule has 3 aromatic heterocycles. The van der Waals surface area contributed by atoms with Crippen molar-refractivity contribution in [2.75, 3.05) is 5.32 Å². The first-order chi connectivity index (χ1) is 12.7. The molecular weight excluding hydrogens is 327 g/mol. The summed E-state index contributed by atoms with van der Waals surface area (Å²) in [5.41, 5.74) is 4.74. The molecule has 1 aromatic carbocycles. The van der Waals surface area contributed by atoms with Crippen LogP contribution < -0.4 is 5.32 Å². The van der Waals surface area contributed by atoms with Crippen molar-refractivity contribution in [2.45, 2.75) is 19.9 Å². The zero-order chi connectivity index (χ0) is 17.9. The van der Waals surface area contributed by atoms with E-state index in [2.05, 4.69) is 51.5 Å². The fourth-order valence-corrected chi connectivity index (χ4v) is 2.96. The monoisotopic (exact) mass is 346 g/mol. The van der Waals surface area contributed by atoms with Gasteiger partial charge in [-0.25, -0.2) is 9.97 Å². The number of H-pyrrole nitrogens is 1. The molecule has 26 heavy (non-hydrogen) atoms. The van der Waals surface area contributed by atoms with Crippen LogP contribution in [0.4, 0.5) is 10.2 Å². The first-order valence-electron chi connectivity index (χ1n) is 8.55. The maximum absolute atomic E-state index is 14.4. The highest BCUT2D eigenvalue weighted by atomic mass is 19.1. The highest BCUT2D eigenvalue weighted by molar-refractivity contribution is 5.79. The van der Waals surface area contributed by atoms with Crippen LogP contribution in [0, 0.1) is 12.9 Å². The molecule has 0 aliphatic carbocycles. The summed E-state index contributed by atoms with van der Waals surface area (Å²) in [6.07, 6.45) is 4.09. The second-order valence-electron chi connectivity index (χ2n) is 6.38. The van der Waals surface area contributed by atoms with Crippen molar-refractivity contribution >= 4 is 16.9 Å². The number of hydrogen-bond acceptors (Lipinski definition) is 3. The average Bonchev–Trinajstić information content (AvgIpc) is 3.06. The van der Waals surface area contributed by atoms with Crippen LogP contribution >= 0.6 is 0 Å². The Morgan fingerprint density at radius 2 is 1.88 bits per heavy atom. The minimum absolute atomic E-state index is 0.447. The van der Waals surface area contributed by atoms with Crippen LogP contribution in [0.2, 0.25) is 0 Å². The lowest BCUT2D eigenvalue weighted by atomic mass is 10.1. The van der Waals surface area contributed by atoms with E-state index in [0.717, 1.165) is 22.2 Å². The molecule has 2 N–H and O–H groups in total. The Morgan fingerprint density at radius 3 is 2.69 bits per heavy atom. The molecule has 4 nitrogen and oxygen atoms in total. The molecule has 0 bridgehead atoms. The first kappa shape index (κ1) is 16.3. The summed E-state index contributed by atoms with van der Waals surface area (Å²) in [5, 5.41) is 4.18. The van der Waals surface area contributed by atoms with Gasteiger partial charge in [-0.2, -0.15) is 4.39 Å². The molecule has 0 radical (unpaired) electrons. The van der Waals surface area contributed by atoms with E-state index in [0.29, 0.717) is 24.3 Å². The van der Waals surface area contributed by atoms with E-state index in [1.54, 1.807) is 12.3 Å². The molecule has 4 aromatic rings. The minimum Gasteiger partial charge on any atom is -0.366 e. The third-order valence-electron chi connectivity index (χ3n) is 4.44. The van der Waals surface area contributed by atoms with Crippen LogP contribution in [0.15, 0.2) is 60.9 Å². The van der Waals surface area contributed by atoms with Crippen LogP contribution in [0.5, 0.6) is 0 Å². The lowest BCUT2D eigenvalue weighted by Crippen LogP contribution is -2.04. The van der Waals surface area contributed by atoms with Crippen LogP contribution in [-0.4, -0.2) is 15.0 Å². The quantitative estimate of drug-likeness (QED) is 0.519.